The summed E-state index contributed by atoms with van der Waals surface area (Å²) in [6.07, 6.45) is 3.35. The van der Waals surface area contributed by atoms with E-state index in [4.69, 9.17) is 4.42 Å². The molecule has 3 aromatic rings. The molecular weight excluding hydrogens is 354 g/mol. The summed E-state index contributed by atoms with van der Waals surface area (Å²) in [5.74, 6) is 1.24. The summed E-state index contributed by atoms with van der Waals surface area (Å²) in [7, 11) is 1.71. The SMILES string of the molecule is CN=C(NCc1cccc(C(=O)NCc2ccco2)c1)NCc1ccccn1. The van der Waals surface area contributed by atoms with Crippen molar-refractivity contribution in [2.24, 2.45) is 4.99 Å². The van der Waals surface area contributed by atoms with Gasteiger partial charge < -0.3 is 20.4 Å². The Balaban J connectivity index is 1.51. The second-order valence-electron chi connectivity index (χ2n) is 6.06. The van der Waals surface area contributed by atoms with Crippen LogP contribution in [0, 0.1) is 0 Å². The van der Waals surface area contributed by atoms with Crippen LogP contribution in [0.2, 0.25) is 0 Å². The Morgan fingerprint density at radius 3 is 2.64 bits per heavy atom. The summed E-state index contributed by atoms with van der Waals surface area (Å²) in [4.78, 5) is 20.8. The van der Waals surface area contributed by atoms with Gasteiger partial charge in [-0.25, -0.2) is 0 Å². The number of nitrogens with zero attached hydrogens (tertiary/aromatic N) is 2. The molecule has 0 fully saturated rings. The zero-order chi connectivity index (χ0) is 19.6. The van der Waals surface area contributed by atoms with Crippen LogP contribution in [-0.4, -0.2) is 23.9 Å². The van der Waals surface area contributed by atoms with Gasteiger partial charge in [0.25, 0.3) is 5.91 Å². The zero-order valence-corrected chi connectivity index (χ0v) is 15.7. The molecule has 1 aromatic carbocycles. The Morgan fingerprint density at radius 2 is 1.89 bits per heavy atom. The van der Waals surface area contributed by atoms with E-state index in [-0.39, 0.29) is 5.91 Å². The summed E-state index contributed by atoms with van der Waals surface area (Å²) in [5.41, 5.74) is 2.51. The number of furan rings is 1. The summed E-state index contributed by atoms with van der Waals surface area (Å²) >= 11 is 0. The highest BCUT2D eigenvalue weighted by molar-refractivity contribution is 5.94. The minimum absolute atomic E-state index is 0.143. The third kappa shape index (κ3) is 5.70. The molecule has 0 aliphatic carbocycles. The molecule has 3 rings (SSSR count). The largest absolute Gasteiger partial charge is 0.467 e. The third-order valence-electron chi connectivity index (χ3n) is 4.04. The molecule has 0 saturated carbocycles. The first-order valence-electron chi connectivity index (χ1n) is 8.98. The van der Waals surface area contributed by atoms with Crippen molar-refractivity contribution in [3.05, 3.63) is 89.6 Å². The fourth-order valence-electron chi connectivity index (χ4n) is 2.59. The van der Waals surface area contributed by atoms with Crippen LogP contribution < -0.4 is 16.0 Å². The van der Waals surface area contributed by atoms with Gasteiger partial charge in [0.1, 0.15) is 5.76 Å². The first-order valence-corrected chi connectivity index (χ1v) is 8.98. The van der Waals surface area contributed by atoms with Crippen molar-refractivity contribution in [3.63, 3.8) is 0 Å². The molecule has 7 nitrogen and oxygen atoms in total. The van der Waals surface area contributed by atoms with Crippen LogP contribution in [0.15, 0.2) is 76.5 Å². The van der Waals surface area contributed by atoms with Crippen LogP contribution in [0.3, 0.4) is 0 Å². The number of hydrogen-bond donors (Lipinski definition) is 3. The number of aromatic nitrogens is 1. The molecule has 7 heteroatoms. The molecule has 0 atom stereocenters. The highest BCUT2D eigenvalue weighted by Crippen LogP contribution is 2.06. The maximum Gasteiger partial charge on any atom is 0.251 e. The Kier molecular flexibility index (Phi) is 6.78. The van der Waals surface area contributed by atoms with Gasteiger partial charge in [-0.3, -0.25) is 14.8 Å². The smallest absolute Gasteiger partial charge is 0.251 e. The van der Waals surface area contributed by atoms with E-state index in [2.05, 4.69) is 25.9 Å². The number of hydrogen-bond acceptors (Lipinski definition) is 4. The van der Waals surface area contributed by atoms with Crippen molar-refractivity contribution in [1.82, 2.24) is 20.9 Å². The van der Waals surface area contributed by atoms with Crippen molar-refractivity contribution >= 4 is 11.9 Å². The van der Waals surface area contributed by atoms with Crippen molar-refractivity contribution < 1.29 is 9.21 Å². The standard InChI is InChI=1S/C21H23N5O2/c1-22-21(26-14-18-8-2-3-10-23-18)25-13-16-6-4-7-17(12-16)20(27)24-15-19-9-5-11-28-19/h2-12H,13-15H2,1H3,(H,24,27)(H2,22,25,26). The molecule has 0 aliphatic rings. The summed E-state index contributed by atoms with van der Waals surface area (Å²) in [6, 6.07) is 16.9. The molecule has 0 spiro atoms. The van der Waals surface area contributed by atoms with E-state index in [0.29, 0.717) is 36.9 Å². The van der Waals surface area contributed by atoms with E-state index in [1.807, 2.05) is 42.5 Å². The van der Waals surface area contributed by atoms with Crippen LogP contribution >= 0.6 is 0 Å². The number of nitrogens with one attached hydrogen (secondary N) is 3. The Morgan fingerprint density at radius 1 is 1.00 bits per heavy atom. The highest BCUT2D eigenvalue weighted by Gasteiger charge is 2.07. The Hall–Kier alpha value is -3.61. The summed E-state index contributed by atoms with van der Waals surface area (Å²) in [5, 5.41) is 9.30. The normalized spacial score (nSPS) is 11.1. The average molecular weight is 377 g/mol. The summed E-state index contributed by atoms with van der Waals surface area (Å²) < 4.78 is 5.23. The first kappa shape index (κ1) is 19.2. The summed E-state index contributed by atoms with van der Waals surface area (Å²) in [6.45, 7) is 1.48. The molecule has 1 amide bonds. The lowest BCUT2D eigenvalue weighted by Crippen LogP contribution is -2.36. The number of aliphatic imine (C=N–C) groups is 1. The van der Waals surface area contributed by atoms with E-state index in [1.54, 1.807) is 31.6 Å². The molecule has 0 radical (unpaired) electrons. The van der Waals surface area contributed by atoms with Crippen LogP contribution in [-0.2, 0) is 19.6 Å². The number of carbonyl (C=O) groups is 1. The van der Waals surface area contributed by atoms with Gasteiger partial charge in [0.15, 0.2) is 5.96 Å². The minimum Gasteiger partial charge on any atom is -0.467 e. The number of carbonyl (C=O) groups excluding carboxylic acids is 1. The van der Waals surface area contributed by atoms with Gasteiger partial charge in [0.05, 0.1) is 25.0 Å². The number of amides is 1. The zero-order valence-electron chi connectivity index (χ0n) is 15.7. The predicted molar refractivity (Wildman–Crippen MR) is 108 cm³/mol. The first-order chi connectivity index (χ1) is 13.7. The molecule has 2 aromatic heterocycles. The number of guanidine groups is 1. The molecule has 3 N–H and O–H groups in total. The average Bonchev–Trinajstić information content (AvgIpc) is 3.27. The van der Waals surface area contributed by atoms with Crippen LogP contribution in [0.4, 0.5) is 0 Å². The molecule has 0 aliphatic heterocycles. The minimum atomic E-state index is -0.143. The predicted octanol–water partition coefficient (Wildman–Crippen LogP) is 2.47. The second-order valence-corrected chi connectivity index (χ2v) is 6.06. The second kappa shape index (κ2) is 9.91. The van der Waals surface area contributed by atoms with Gasteiger partial charge in [0, 0.05) is 25.4 Å². The van der Waals surface area contributed by atoms with E-state index < -0.39 is 0 Å². The van der Waals surface area contributed by atoms with Crippen molar-refractivity contribution in [1.29, 1.82) is 0 Å². The molecule has 0 saturated heterocycles. The number of benzene rings is 1. The van der Waals surface area contributed by atoms with Crippen molar-refractivity contribution in [2.45, 2.75) is 19.6 Å². The molecule has 144 valence electrons. The Bertz CT molecular complexity index is 908. The van der Waals surface area contributed by atoms with Gasteiger partial charge in [-0.05, 0) is 42.0 Å². The highest BCUT2D eigenvalue weighted by atomic mass is 16.3. The topological polar surface area (TPSA) is 91.5 Å². The lowest BCUT2D eigenvalue weighted by atomic mass is 10.1. The van der Waals surface area contributed by atoms with Gasteiger partial charge in [-0.15, -0.1) is 0 Å². The lowest BCUT2D eigenvalue weighted by Gasteiger charge is -2.12. The van der Waals surface area contributed by atoms with Gasteiger partial charge in [-0.2, -0.15) is 0 Å². The molecule has 28 heavy (non-hydrogen) atoms. The van der Waals surface area contributed by atoms with E-state index in [1.165, 1.54) is 0 Å². The fourth-order valence-corrected chi connectivity index (χ4v) is 2.59. The monoisotopic (exact) mass is 377 g/mol. The number of pyridine rings is 1. The Labute approximate surface area is 163 Å². The molecule has 0 bridgehead atoms. The maximum atomic E-state index is 12.3. The van der Waals surface area contributed by atoms with Crippen molar-refractivity contribution in [2.75, 3.05) is 7.05 Å². The van der Waals surface area contributed by atoms with Gasteiger partial charge in [-0.1, -0.05) is 18.2 Å². The van der Waals surface area contributed by atoms with Crippen LogP contribution in [0.1, 0.15) is 27.4 Å². The lowest BCUT2D eigenvalue weighted by molar-refractivity contribution is 0.0948. The molecular formula is C21H23N5O2. The van der Waals surface area contributed by atoms with Gasteiger partial charge in [0.2, 0.25) is 0 Å². The van der Waals surface area contributed by atoms with Gasteiger partial charge >= 0.3 is 0 Å². The quantitative estimate of drug-likeness (QED) is 0.435. The van der Waals surface area contributed by atoms with Crippen molar-refractivity contribution in [3.8, 4) is 0 Å². The molecule has 0 unspecified atom stereocenters. The third-order valence-corrected chi connectivity index (χ3v) is 4.04. The van der Waals surface area contributed by atoms with E-state index >= 15 is 0 Å². The molecule has 2 heterocycles. The number of rotatable bonds is 7. The van der Waals surface area contributed by atoms with Crippen LogP contribution in [0.5, 0.6) is 0 Å². The van der Waals surface area contributed by atoms with E-state index in [0.717, 1.165) is 11.3 Å². The van der Waals surface area contributed by atoms with E-state index in [9.17, 15) is 4.79 Å². The van der Waals surface area contributed by atoms with Crippen LogP contribution in [0.25, 0.3) is 0 Å². The maximum absolute atomic E-state index is 12.3. The fraction of sp³-hybridized carbons (Fsp3) is 0.190.